The van der Waals surface area contributed by atoms with Gasteiger partial charge in [0.25, 0.3) is 5.91 Å². The molecule has 5 rings (SSSR count). The van der Waals surface area contributed by atoms with Gasteiger partial charge in [0.15, 0.2) is 0 Å². The summed E-state index contributed by atoms with van der Waals surface area (Å²) >= 11 is 14.0. The van der Waals surface area contributed by atoms with Crippen LogP contribution in [0.3, 0.4) is 0 Å². The number of likely N-dealkylation sites (tertiary alicyclic amines) is 1. The summed E-state index contributed by atoms with van der Waals surface area (Å²) < 4.78 is 0. The highest BCUT2D eigenvalue weighted by Gasteiger charge is 2.64. The molecule has 2 unspecified atom stereocenters. The van der Waals surface area contributed by atoms with Gasteiger partial charge in [0.1, 0.15) is 5.54 Å². The van der Waals surface area contributed by atoms with Crippen LogP contribution in [-0.2, 0) is 11.3 Å². The first-order valence-corrected chi connectivity index (χ1v) is 12.4. The van der Waals surface area contributed by atoms with Crippen LogP contribution in [0.25, 0.3) is 0 Å². The summed E-state index contributed by atoms with van der Waals surface area (Å²) in [5.41, 5.74) is 1.87. The van der Waals surface area contributed by atoms with Crippen LogP contribution < -0.4 is 4.90 Å². The minimum atomic E-state index is -1.10. The van der Waals surface area contributed by atoms with Crippen LogP contribution in [0.4, 0.5) is 10.5 Å². The Balaban J connectivity index is 1.59. The molecular weight excluding hydrogens is 491 g/mol. The average Bonchev–Trinajstić information content (AvgIpc) is 3.50. The summed E-state index contributed by atoms with van der Waals surface area (Å²) in [7, 11) is 1.68. The molecule has 0 N–H and O–H groups in total. The number of thiophene rings is 1. The first kappa shape index (κ1) is 22.9. The topological polar surface area (TPSA) is 67.7 Å². The van der Waals surface area contributed by atoms with Crippen molar-refractivity contribution in [2.24, 2.45) is 0 Å². The molecule has 172 valence electrons. The van der Waals surface area contributed by atoms with Crippen molar-refractivity contribution in [1.29, 1.82) is 5.26 Å². The lowest BCUT2D eigenvalue weighted by Crippen LogP contribution is -2.53. The number of amides is 3. The minimum absolute atomic E-state index is 0.278. The highest BCUT2D eigenvalue weighted by Crippen LogP contribution is 2.47. The van der Waals surface area contributed by atoms with Crippen molar-refractivity contribution in [3.8, 4) is 6.07 Å². The molecule has 9 heteroatoms. The number of benzene rings is 2. The molecule has 2 aliphatic rings. The zero-order valence-electron chi connectivity index (χ0n) is 18.2. The lowest BCUT2D eigenvalue weighted by atomic mass is 9.80. The van der Waals surface area contributed by atoms with E-state index in [0.717, 1.165) is 5.56 Å². The molecule has 0 radical (unpaired) electrons. The Morgan fingerprint density at radius 1 is 1.12 bits per heavy atom. The standard InChI is InChI=1S/C25H20Cl2N4O2S/c1-29-24(33)31(21-9-19(26)8-20(27)10-21)23(32)25(29)15-30(12-17-6-7-34-14-17)13-22(25)18-4-2-16(11-28)3-5-18/h2-10,14,22H,12-13,15H2,1H3. The highest BCUT2D eigenvalue weighted by molar-refractivity contribution is 7.07. The SMILES string of the molecule is CN1C(=O)N(c2cc(Cl)cc(Cl)c2)C(=O)C12CN(Cc1ccsc1)CC2c1ccc(C#N)cc1. The number of hydrogen-bond donors (Lipinski definition) is 0. The summed E-state index contributed by atoms with van der Waals surface area (Å²) in [5.74, 6) is -0.583. The maximum atomic E-state index is 14.1. The first-order chi connectivity index (χ1) is 16.3. The molecule has 34 heavy (non-hydrogen) atoms. The number of nitriles is 1. The zero-order valence-corrected chi connectivity index (χ0v) is 20.6. The van der Waals surface area contributed by atoms with Gasteiger partial charge in [-0.1, -0.05) is 35.3 Å². The molecule has 2 aromatic carbocycles. The first-order valence-electron chi connectivity index (χ1n) is 10.7. The largest absolute Gasteiger partial charge is 0.332 e. The Morgan fingerprint density at radius 3 is 2.44 bits per heavy atom. The summed E-state index contributed by atoms with van der Waals surface area (Å²) in [6, 6.07) is 15.8. The van der Waals surface area contributed by atoms with Crippen molar-refractivity contribution >= 4 is 52.2 Å². The van der Waals surface area contributed by atoms with Crippen molar-refractivity contribution in [3.05, 3.63) is 86.0 Å². The van der Waals surface area contributed by atoms with E-state index in [4.69, 9.17) is 23.2 Å². The van der Waals surface area contributed by atoms with E-state index >= 15 is 0 Å². The van der Waals surface area contributed by atoms with Gasteiger partial charge >= 0.3 is 6.03 Å². The van der Waals surface area contributed by atoms with Gasteiger partial charge in [-0.15, -0.1) is 0 Å². The Hall–Kier alpha value is -2.89. The normalized spacial score (nSPS) is 22.7. The van der Waals surface area contributed by atoms with Crippen LogP contribution in [0, 0.1) is 11.3 Å². The van der Waals surface area contributed by atoms with Gasteiger partial charge in [-0.05, 0) is 58.3 Å². The molecule has 0 bridgehead atoms. The van der Waals surface area contributed by atoms with E-state index in [1.54, 1.807) is 53.6 Å². The van der Waals surface area contributed by atoms with E-state index in [2.05, 4.69) is 22.4 Å². The number of urea groups is 1. The number of anilines is 1. The molecule has 2 saturated heterocycles. The molecular formula is C25H20Cl2N4O2S. The van der Waals surface area contributed by atoms with E-state index in [9.17, 15) is 14.9 Å². The lowest BCUT2D eigenvalue weighted by molar-refractivity contribution is -0.124. The van der Waals surface area contributed by atoms with Crippen LogP contribution in [0.1, 0.15) is 22.6 Å². The number of rotatable bonds is 4. The van der Waals surface area contributed by atoms with Crippen LogP contribution in [-0.4, -0.2) is 47.4 Å². The zero-order chi connectivity index (χ0) is 24.0. The Kier molecular flexibility index (Phi) is 5.86. The molecule has 3 aromatic rings. The third-order valence-corrected chi connectivity index (χ3v) is 7.83. The molecule has 3 amide bonds. The number of halogens is 2. The third kappa shape index (κ3) is 3.68. The number of hydrogen-bond acceptors (Lipinski definition) is 5. The van der Waals surface area contributed by atoms with E-state index in [1.165, 1.54) is 10.5 Å². The third-order valence-electron chi connectivity index (χ3n) is 6.67. The fraction of sp³-hybridized carbons (Fsp3) is 0.240. The second kappa shape index (κ2) is 8.71. The smallest absolute Gasteiger partial charge is 0.310 e. The van der Waals surface area contributed by atoms with Crippen LogP contribution in [0.2, 0.25) is 10.0 Å². The van der Waals surface area contributed by atoms with E-state index in [0.29, 0.717) is 40.9 Å². The van der Waals surface area contributed by atoms with Crippen molar-refractivity contribution in [2.75, 3.05) is 25.0 Å². The maximum absolute atomic E-state index is 14.1. The maximum Gasteiger partial charge on any atom is 0.332 e. The predicted octanol–water partition coefficient (Wildman–Crippen LogP) is 5.36. The Labute approximate surface area is 211 Å². The van der Waals surface area contributed by atoms with Gasteiger partial charge in [0, 0.05) is 42.6 Å². The van der Waals surface area contributed by atoms with E-state index in [1.807, 2.05) is 17.5 Å². The molecule has 1 spiro atoms. The molecule has 6 nitrogen and oxygen atoms in total. The molecule has 2 atom stereocenters. The molecule has 1 aromatic heterocycles. The number of carbonyl (C=O) groups is 2. The van der Waals surface area contributed by atoms with E-state index < -0.39 is 11.6 Å². The summed E-state index contributed by atoms with van der Waals surface area (Å²) in [6.07, 6.45) is 0. The van der Waals surface area contributed by atoms with Crippen LogP contribution in [0.15, 0.2) is 59.3 Å². The summed E-state index contributed by atoms with van der Waals surface area (Å²) in [5, 5.41) is 14.0. The summed E-state index contributed by atoms with van der Waals surface area (Å²) in [6.45, 7) is 1.66. The van der Waals surface area contributed by atoms with Crippen molar-refractivity contribution in [1.82, 2.24) is 9.80 Å². The van der Waals surface area contributed by atoms with Crippen LogP contribution in [0.5, 0.6) is 0 Å². The highest BCUT2D eigenvalue weighted by atomic mass is 35.5. The predicted molar refractivity (Wildman–Crippen MR) is 133 cm³/mol. The monoisotopic (exact) mass is 510 g/mol. The molecule has 0 saturated carbocycles. The number of carbonyl (C=O) groups excluding carboxylic acids is 2. The second-order valence-electron chi connectivity index (χ2n) is 8.62. The van der Waals surface area contributed by atoms with Gasteiger partial charge in [-0.2, -0.15) is 16.6 Å². The van der Waals surface area contributed by atoms with Crippen molar-refractivity contribution in [2.45, 2.75) is 18.0 Å². The summed E-state index contributed by atoms with van der Waals surface area (Å²) in [4.78, 5) is 32.6. The van der Waals surface area contributed by atoms with Gasteiger partial charge < -0.3 is 4.90 Å². The van der Waals surface area contributed by atoms with Gasteiger partial charge in [-0.3, -0.25) is 9.69 Å². The lowest BCUT2D eigenvalue weighted by Gasteiger charge is -2.34. The molecule has 2 aliphatic heterocycles. The minimum Gasteiger partial charge on any atom is -0.310 e. The quantitative estimate of drug-likeness (QED) is 0.442. The molecule has 0 aliphatic carbocycles. The van der Waals surface area contributed by atoms with Gasteiger partial charge in [-0.25, -0.2) is 9.69 Å². The fourth-order valence-corrected chi connectivity index (χ4v) is 6.23. The number of likely N-dealkylation sites (N-methyl/N-ethyl adjacent to an activating group) is 1. The van der Waals surface area contributed by atoms with Crippen molar-refractivity contribution in [3.63, 3.8) is 0 Å². The Morgan fingerprint density at radius 2 is 1.82 bits per heavy atom. The van der Waals surface area contributed by atoms with Crippen LogP contribution >= 0.6 is 34.5 Å². The second-order valence-corrected chi connectivity index (χ2v) is 10.3. The average molecular weight is 511 g/mol. The fourth-order valence-electron chi connectivity index (χ4n) is 5.05. The number of imide groups is 1. The van der Waals surface area contributed by atoms with Crippen molar-refractivity contribution < 1.29 is 9.59 Å². The van der Waals surface area contributed by atoms with E-state index in [-0.39, 0.29) is 11.8 Å². The Bertz CT molecular complexity index is 1290. The van der Waals surface area contributed by atoms with Gasteiger partial charge in [0.05, 0.1) is 17.3 Å². The van der Waals surface area contributed by atoms with Gasteiger partial charge in [0.2, 0.25) is 0 Å². The molecule has 3 heterocycles. The number of nitrogens with zero attached hydrogens (tertiary/aromatic N) is 4. The molecule has 2 fully saturated rings.